The van der Waals surface area contributed by atoms with Gasteiger partial charge in [-0.25, -0.2) is 4.57 Å². The lowest BCUT2D eigenvalue weighted by Gasteiger charge is -2.00. The first kappa shape index (κ1) is 22.9. The Balaban J connectivity index is 0.000000922. The van der Waals surface area contributed by atoms with E-state index in [2.05, 4.69) is 6.92 Å². The number of hydrogen-bond donors (Lipinski definition) is 0. The number of nitrogens with zero attached hydrogens (tertiary/aromatic N) is 2. The maximum atomic E-state index is 11.3. The minimum absolute atomic E-state index is 0.900. The number of unbranched alkanes of at least 4 members (excludes halogenated alkanes) is 7. The quantitative estimate of drug-likeness (QED) is 0.269. The van der Waals surface area contributed by atoms with Crippen molar-refractivity contribution in [2.45, 2.75) is 64.8 Å². The van der Waals surface area contributed by atoms with Crippen LogP contribution in [-0.2, 0) is 16.6 Å². The summed E-state index contributed by atoms with van der Waals surface area (Å²) in [7, 11) is -9.13. The van der Waals surface area contributed by atoms with Crippen LogP contribution in [0.5, 0.6) is 0 Å². The summed E-state index contributed by atoms with van der Waals surface area (Å²) in [4.78, 5) is 0. The second-order valence-electron chi connectivity index (χ2n) is 5.71. The van der Waals surface area contributed by atoms with E-state index in [9.17, 15) is 25.7 Å². The predicted molar refractivity (Wildman–Crippen MR) is 87.7 cm³/mol. The van der Waals surface area contributed by atoms with Gasteiger partial charge in [0.2, 0.25) is 0 Å². The average molecular weight is 374 g/mol. The maximum Gasteiger partial charge on any atom is 0.673 e. The highest BCUT2D eigenvalue weighted by Gasteiger charge is 2.20. The van der Waals surface area contributed by atoms with Crippen LogP contribution in [0.2, 0.25) is 0 Å². The van der Waals surface area contributed by atoms with E-state index < -0.39 is 17.3 Å². The first-order valence-electron chi connectivity index (χ1n) is 8.19. The highest BCUT2D eigenvalue weighted by molar-refractivity contribution is 7.89. The minimum atomic E-state index is -6.00. The van der Waals surface area contributed by atoms with Crippen LogP contribution < -0.4 is 4.57 Å². The minimum Gasteiger partial charge on any atom is -0.418 e. The molecule has 0 unspecified atom stereocenters. The van der Waals surface area contributed by atoms with Crippen LogP contribution in [0.25, 0.3) is 0 Å². The van der Waals surface area contributed by atoms with Crippen molar-refractivity contribution in [1.29, 1.82) is 0 Å². The lowest BCUT2D eigenvalue weighted by Crippen LogP contribution is -2.31. The number of aromatic nitrogens is 2. The molecule has 0 aliphatic rings. The first-order valence-corrected chi connectivity index (χ1v) is 10.0. The van der Waals surface area contributed by atoms with E-state index in [4.69, 9.17) is 0 Å². The number of aryl methyl sites for hydroxylation is 1. The maximum absolute atomic E-state index is 11.3. The number of rotatable bonds is 10. The summed E-state index contributed by atoms with van der Waals surface area (Å²) < 4.78 is 64.8. The van der Waals surface area contributed by atoms with E-state index in [0.717, 1.165) is 13.0 Å². The third-order valence-corrected chi connectivity index (χ3v) is 4.30. The molecule has 0 bridgehead atoms. The van der Waals surface area contributed by atoms with Crippen molar-refractivity contribution in [2.24, 2.45) is 0 Å². The molecule has 142 valence electrons. The molecular weight excluding hydrogens is 347 g/mol. The molecule has 0 N–H and O–H groups in total. The highest BCUT2D eigenvalue weighted by Crippen LogP contribution is 2.08. The molecular formula is C14H27BF4N2O2S. The molecule has 1 rings (SSSR count). The third kappa shape index (κ3) is 14.5. The second-order valence-corrected chi connectivity index (χ2v) is 7.60. The SMILES string of the molecule is CCCCCCCCCC[n+]1ccn(S(C)(=O)=O)c1.F[B-](F)(F)F. The summed E-state index contributed by atoms with van der Waals surface area (Å²) in [6.45, 7) is 3.14. The standard InChI is InChI=1S/C14H27N2O2S.BF4/c1-3-4-5-6-7-8-9-10-11-15-12-13-16(14-15)19(2,17)18;2-1(3,4)5/h12-14H,3-11H2,1-2H3;/q+1;-1. The third-order valence-electron chi connectivity index (χ3n) is 3.32. The zero-order valence-corrected chi connectivity index (χ0v) is 15.1. The molecule has 1 aromatic heterocycles. The topological polar surface area (TPSA) is 43.0 Å². The zero-order chi connectivity index (χ0) is 18.6. The van der Waals surface area contributed by atoms with Crippen LogP contribution >= 0.6 is 0 Å². The lowest BCUT2D eigenvalue weighted by atomic mass is 10.1. The molecule has 1 heterocycles. The summed E-state index contributed by atoms with van der Waals surface area (Å²) in [5.74, 6) is 0. The molecule has 24 heavy (non-hydrogen) atoms. The normalized spacial score (nSPS) is 11.9. The predicted octanol–water partition coefficient (Wildman–Crippen LogP) is 4.02. The highest BCUT2D eigenvalue weighted by atomic mass is 32.2. The molecule has 0 saturated heterocycles. The fourth-order valence-corrected chi connectivity index (χ4v) is 2.70. The Morgan fingerprint density at radius 3 is 1.83 bits per heavy atom. The van der Waals surface area contributed by atoms with Gasteiger partial charge >= 0.3 is 17.3 Å². The van der Waals surface area contributed by atoms with E-state index in [1.54, 1.807) is 12.5 Å². The van der Waals surface area contributed by atoms with Crippen molar-refractivity contribution < 1.29 is 30.2 Å². The summed E-state index contributed by atoms with van der Waals surface area (Å²) in [5.41, 5.74) is 0. The van der Waals surface area contributed by atoms with Crippen molar-refractivity contribution in [2.75, 3.05) is 6.26 Å². The molecule has 10 heteroatoms. The lowest BCUT2D eigenvalue weighted by molar-refractivity contribution is -0.696. The Kier molecular flexibility index (Phi) is 11.0. The Hall–Kier alpha value is -1.06. The second kappa shape index (κ2) is 11.5. The summed E-state index contributed by atoms with van der Waals surface area (Å²) >= 11 is 0. The fraction of sp³-hybridized carbons (Fsp3) is 0.786. The molecule has 0 aliphatic carbocycles. The Bertz CT molecular complexity index is 541. The van der Waals surface area contributed by atoms with Gasteiger partial charge in [0, 0.05) is 0 Å². The van der Waals surface area contributed by atoms with Crippen LogP contribution in [0, 0.1) is 0 Å². The van der Waals surface area contributed by atoms with Gasteiger partial charge in [0.1, 0.15) is 12.4 Å². The van der Waals surface area contributed by atoms with Crippen molar-refractivity contribution >= 4 is 17.3 Å². The van der Waals surface area contributed by atoms with Gasteiger partial charge in [-0.3, -0.25) is 0 Å². The van der Waals surface area contributed by atoms with Gasteiger partial charge in [0.25, 0.3) is 6.33 Å². The van der Waals surface area contributed by atoms with Gasteiger partial charge in [-0.05, 0) is 12.8 Å². The molecule has 0 fully saturated rings. The van der Waals surface area contributed by atoms with Gasteiger partial charge in [-0.15, -0.1) is 3.97 Å². The fourth-order valence-electron chi connectivity index (χ4n) is 2.13. The van der Waals surface area contributed by atoms with Crippen LogP contribution in [0.15, 0.2) is 18.7 Å². The smallest absolute Gasteiger partial charge is 0.418 e. The van der Waals surface area contributed by atoms with Crippen LogP contribution in [0.3, 0.4) is 0 Å². The summed E-state index contributed by atoms with van der Waals surface area (Å²) in [5, 5.41) is 0. The van der Waals surface area contributed by atoms with Crippen LogP contribution in [-0.4, -0.2) is 25.9 Å². The molecule has 0 spiro atoms. The van der Waals surface area contributed by atoms with Crippen molar-refractivity contribution in [3.63, 3.8) is 0 Å². The number of halogens is 4. The van der Waals surface area contributed by atoms with E-state index in [1.165, 1.54) is 55.2 Å². The molecule has 0 saturated carbocycles. The molecule has 4 nitrogen and oxygen atoms in total. The molecule has 1 aromatic rings. The molecule has 0 atom stereocenters. The molecule has 0 amide bonds. The van der Waals surface area contributed by atoms with Crippen molar-refractivity contribution in [3.05, 3.63) is 18.7 Å². The van der Waals surface area contributed by atoms with Crippen molar-refractivity contribution in [3.8, 4) is 0 Å². The zero-order valence-electron chi connectivity index (χ0n) is 14.3. The first-order chi connectivity index (χ1) is 11.0. The Morgan fingerprint density at radius 1 is 0.958 bits per heavy atom. The molecule has 0 aliphatic heterocycles. The van der Waals surface area contributed by atoms with Gasteiger partial charge < -0.3 is 17.3 Å². The van der Waals surface area contributed by atoms with E-state index in [-0.39, 0.29) is 0 Å². The monoisotopic (exact) mass is 374 g/mol. The average Bonchev–Trinajstić information content (AvgIpc) is 2.89. The van der Waals surface area contributed by atoms with E-state index >= 15 is 0 Å². The van der Waals surface area contributed by atoms with Crippen LogP contribution in [0.4, 0.5) is 17.3 Å². The largest absolute Gasteiger partial charge is 0.673 e. The van der Waals surface area contributed by atoms with Crippen LogP contribution in [0.1, 0.15) is 58.3 Å². The van der Waals surface area contributed by atoms with Gasteiger partial charge in [-0.2, -0.15) is 8.42 Å². The van der Waals surface area contributed by atoms with Gasteiger partial charge in [0.05, 0.1) is 12.8 Å². The summed E-state index contributed by atoms with van der Waals surface area (Å²) in [6, 6.07) is 0. The molecule has 0 aromatic carbocycles. The number of imidazole rings is 1. The van der Waals surface area contributed by atoms with E-state index in [0.29, 0.717) is 0 Å². The number of hydrogen-bond acceptors (Lipinski definition) is 2. The van der Waals surface area contributed by atoms with Crippen molar-refractivity contribution in [1.82, 2.24) is 3.97 Å². The summed E-state index contributed by atoms with van der Waals surface area (Å²) in [6.07, 6.45) is 16.6. The Morgan fingerprint density at radius 2 is 1.42 bits per heavy atom. The Labute approximate surface area is 142 Å². The molecule has 0 radical (unpaired) electrons. The van der Waals surface area contributed by atoms with E-state index in [1.807, 2.05) is 10.8 Å². The van der Waals surface area contributed by atoms with Gasteiger partial charge in [-0.1, -0.05) is 45.4 Å². The van der Waals surface area contributed by atoms with Gasteiger partial charge in [0.15, 0.2) is 0 Å².